The Hall–Kier alpha value is -0.560. The summed E-state index contributed by atoms with van der Waals surface area (Å²) < 4.78 is 0. The number of rotatable bonds is 6. The number of piperidine rings is 1. The number of hydrogen-bond acceptors (Lipinski definition) is 4. The van der Waals surface area contributed by atoms with E-state index in [1.165, 1.54) is 0 Å². The van der Waals surface area contributed by atoms with Gasteiger partial charge >= 0.3 is 0 Å². The lowest BCUT2D eigenvalue weighted by Crippen LogP contribution is -2.47. The molecule has 2 aliphatic heterocycles. The summed E-state index contributed by atoms with van der Waals surface area (Å²) in [4.78, 5) is 28.3. The highest BCUT2D eigenvalue weighted by Gasteiger charge is 2.22. The van der Waals surface area contributed by atoms with Crippen LogP contribution in [0.3, 0.4) is 0 Å². The van der Waals surface area contributed by atoms with Crippen LogP contribution in [0.15, 0.2) is 0 Å². The van der Waals surface area contributed by atoms with Crippen LogP contribution in [-0.4, -0.2) is 74.5 Å². The number of halogens is 2. The summed E-state index contributed by atoms with van der Waals surface area (Å²) in [6.07, 6.45) is 3.32. The van der Waals surface area contributed by atoms with Crippen LogP contribution in [0.25, 0.3) is 0 Å². The van der Waals surface area contributed by atoms with E-state index in [9.17, 15) is 9.59 Å². The van der Waals surface area contributed by atoms with Gasteiger partial charge in [0.05, 0.1) is 0 Å². The first-order chi connectivity index (χ1) is 11.1. The van der Waals surface area contributed by atoms with Gasteiger partial charge in [0.15, 0.2) is 0 Å². The first-order valence-corrected chi connectivity index (χ1v) is 9.00. The predicted octanol–water partition coefficient (Wildman–Crippen LogP) is 1.14. The second kappa shape index (κ2) is 12.7. The van der Waals surface area contributed by atoms with Crippen molar-refractivity contribution in [1.82, 2.24) is 20.4 Å². The van der Waals surface area contributed by atoms with Gasteiger partial charge in [-0.05, 0) is 44.8 Å². The Morgan fingerprint density at radius 3 is 2.32 bits per heavy atom. The molecule has 2 heterocycles. The number of piperazine rings is 1. The maximum absolute atomic E-state index is 12.1. The van der Waals surface area contributed by atoms with Gasteiger partial charge in [-0.2, -0.15) is 0 Å². The van der Waals surface area contributed by atoms with E-state index in [1.54, 1.807) is 0 Å². The third kappa shape index (κ3) is 8.58. The summed E-state index contributed by atoms with van der Waals surface area (Å²) in [5.41, 5.74) is 0. The third-order valence-electron chi connectivity index (χ3n) is 5.21. The third-order valence-corrected chi connectivity index (χ3v) is 5.21. The minimum Gasteiger partial charge on any atom is -0.356 e. The molecule has 0 aromatic rings. The lowest BCUT2D eigenvalue weighted by atomic mass is 9.84. The van der Waals surface area contributed by atoms with Crippen molar-refractivity contribution in [2.24, 2.45) is 11.8 Å². The van der Waals surface area contributed by atoms with Crippen molar-refractivity contribution in [2.45, 2.75) is 32.6 Å². The van der Waals surface area contributed by atoms with E-state index in [-0.39, 0.29) is 36.6 Å². The number of likely N-dealkylation sites (N-methyl/N-ethyl adjacent to an activating group) is 1. The minimum atomic E-state index is 0. The highest BCUT2D eigenvalue weighted by atomic mass is 35.5. The van der Waals surface area contributed by atoms with Crippen LogP contribution in [0.1, 0.15) is 32.6 Å². The van der Waals surface area contributed by atoms with Crippen LogP contribution >= 0.6 is 24.8 Å². The van der Waals surface area contributed by atoms with Gasteiger partial charge in [-0.1, -0.05) is 6.92 Å². The van der Waals surface area contributed by atoms with E-state index in [2.05, 4.69) is 29.5 Å². The van der Waals surface area contributed by atoms with Crippen LogP contribution < -0.4 is 10.6 Å². The molecular weight excluding hydrogens is 363 g/mol. The molecule has 1 unspecified atom stereocenters. The molecule has 0 aliphatic carbocycles. The zero-order chi connectivity index (χ0) is 16.7. The molecule has 2 rings (SSSR count). The van der Waals surface area contributed by atoms with Crippen LogP contribution in [-0.2, 0) is 9.59 Å². The van der Waals surface area contributed by atoms with Crippen LogP contribution in [0.5, 0.6) is 0 Å². The van der Waals surface area contributed by atoms with Crippen molar-refractivity contribution in [1.29, 1.82) is 0 Å². The lowest BCUT2D eigenvalue weighted by Gasteiger charge is -2.32. The van der Waals surface area contributed by atoms with Crippen molar-refractivity contribution in [3.63, 3.8) is 0 Å². The predicted molar refractivity (Wildman–Crippen MR) is 106 cm³/mol. The molecule has 1 atom stereocenters. The summed E-state index contributed by atoms with van der Waals surface area (Å²) >= 11 is 0. The average molecular weight is 397 g/mol. The van der Waals surface area contributed by atoms with E-state index in [0.29, 0.717) is 31.2 Å². The largest absolute Gasteiger partial charge is 0.356 e. The molecule has 2 saturated heterocycles. The molecule has 8 heteroatoms. The quantitative estimate of drug-likeness (QED) is 0.706. The van der Waals surface area contributed by atoms with Gasteiger partial charge in [-0.25, -0.2) is 0 Å². The average Bonchev–Trinajstić information content (AvgIpc) is 2.56. The number of carbonyl (C=O) groups excluding carboxylic acids is 2. The van der Waals surface area contributed by atoms with Gasteiger partial charge in [0.25, 0.3) is 0 Å². The molecule has 2 aliphatic rings. The number of amides is 2. The van der Waals surface area contributed by atoms with Gasteiger partial charge in [0.2, 0.25) is 11.8 Å². The molecule has 2 N–H and O–H groups in total. The molecule has 148 valence electrons. The molecule has 0 aromatic heterocycles. The highest BCUT2D eigenvalue weighted by Crippen LogP contribution is 2.24. The van der Waals surface area contributed by atoms with Crippen LogP contribution in [0, 0.1) is 11.8 Å². The Morgan fingerprint density at radius 2 is 1.72 bits per heavy atom. The Morgan fingerprint density at radius 1 is 1.12 bits per heavy atom. The van der Waals surface area contributed by atoms with E-state index in [1.807, 2.05) is 4.90 Å². The smallest absolute Gasteiger partial charge is 0.224 e. The van der Waals surface area contributed by atoms with Crippen molar-refractivity contribution in [3.05, 3.63) is 0 Å². The molecule has 25 heavy (non-hydrogen) atoms. The maximum Gasteiger partial charge on any atom is 0.224 e. The fourth-order valence-corrected chi connectivity index (χ4v) is 3.47. The monoisotopic (exact) mass is 396 g/mol. The summed E-state index contributed by atoms with van der Waals surface area (Å²) in [7, 11) is 2.07. The second-order valence-corrected chi connectivity index (χ2v) is 7.05. The summed E-state index contributed by atoms with van der Waals surface area (Å²) in [6, 6.07) is 0. The van der Waals surface area contributed by atoms with Crippen LogP contribution in [0.4, 0.5) is 0 Å². The minimum absolute atomic E-state index is 0. The normalized spacial score (nSPS) is 20.2. The van der Waals surface area contributed by atoms with Gasteiger partial charge in [0.1, 0.15) is 0 Å². The fraction of sp³-hybridized carbons (Fsp3) is 0.882. The van der Waals surface area contributed by atoms with E-state index < -0.39 is 0 Å². The van der Waals surface area contributed by atoms with Crippen molar-refractivity contribution in [3.8, 4) is 0 Å². The first-order valence-electron chi connectivity index (χ1n) is 9.00. The molecular formula is C17H34Cl2N4O2. The SMILES string of the molecule is CC(CC(=O)NCCC(=O)N1CCN(C)CC1)C1CCNCC1.Cl.Cl. The molecule has 0 saturated carbocycles. The molecule has 2 amide bonds. The standard InChI is InChI=1S/C17H32N4O2.2ClH/c1-14(15-3-6-18-7-4-15)13-16(22)19-8-5-17(23)21-11-9-20(2)10-12-21;;/h14-15,18H,3-13H2,1-2H3,(H,19,22);2*1H. The van der Waals surface area contributed by atoms with Crippen molar-refractivity contribution in [2.75, 3.05) is 52.9 Å². The Labute approximate surface area is 164 Å². The Balaban J connectivity index is 0.00000288. The molecule has 0 bridgehead atoms. The number of carbonyl (C=O) groups is 2. The number of nitrogens with one attached hydrogen (secondary N) is 2. The van der Waals surface area contributed by atoms with Crippen LogP contribution in [0.2, 0.25) is 0 Å². The number of hydrogen-bond donors (Lipinski definition) is 2. The van der Waals surface area contributed by atoms with Crippen molar-refractivity contribution >= 4 is 36.6 Å². The zero-order valence-electron chi connectivity index (χ0n) is 15.5. The van der Waals surface area contributed by atoms with Crippen molar-refractivity contribution < 1.29 is 9.59 Å². The summed E-state index contributed by atoms with van der Waals surface area (Å²) in [6.45, 7) is 8.24. The highest BCUT2D eigenvalue weighted by molar-refractivity contribution is 5.85. The molecule has 6 nitrogen and oxygen atoms in total. The molecule has 2 fully saturated rings. The van der Waals surface area contributed by atoms with E-state index in [4.69, 9.17) is 0 Å². The number of nitrogens with zero attached hydrogens (tertiary/aromatic N) is 2. The second-order valence-electron chi connectivity index (χ2n) is 7.05. The molecule has 0 aromatic carbocycles. The zero-order valence-corrected chi connectivity index (χ0v) is 17.1. The lowest BCUT2D eigenvalue weighted by molar-refractivity contribution is -0.132. The van der Waals surface area contributed by atoms with E-state index >= 15 is 0 Å². The van der Waals surface area contributed by atoms with Gasteiger partial charge in [-0.3, -0.25) is 9.59 Å². The van der Waals surface area contributed by atoms with Gasteiger partial charge in [-0.15, -0.1) is 24.8 Å². The van der Waals surface area contributed by atoms with E-state index in [0.717, 1.165) is 52.1 Å². The maximum atomic E-state index is 12.1. The van der Waals surface area contributed by atoms with Gasteiger partial charge < -0.3 is 20.4 Å². The topological polar surface area (TPSA) is 64.7 Å². The summed E-state index contributed by atoms with van der Waals surface area (Å²) in [5.74, 6) is 1.31. The Kier molecular flexibility index (Phi) is 12.5. The fourth-order valence-electron chi connectivity index (χ4n) is 3.47. The summed E-state index contributed by atoms with van der Waals surface area (Å²) in [5, 5.41) is 6.28. The first kappa shape index (κ1) is 24.4. The molecule has 0 radical (unpaired) electrons. The molecule has 0 spiro atoms. The Bertz CT molecular complexity index is 398. The van der Waals surface area contributed by atoms with Gasteiger partial charge in [0, 0.05) is 45.6 Å².